The number of nitrogens with zero attached hydrogens (tertiary/aromatic N) is 4. The molecule has 0 bridgehead atoms. The van der Waals surface area contributed by atoms with Gasteiger partial charge in [0, 0.05) is 19.8 Å². The zero-order valence-electron chi connectivity index (χ0n) is 10.8. The molecule has 1 N–H and O–H groups in total. The summed E-state index contributed by atoms with van der Waals surface area (Å²) in [5, 5.41) is 2.97. The Balaban J connectivity index is 2.29. The van der Waals surface area contributed by atoms with Gasteiger partial charge >= 0.3 is 0 Å². The zero-order chi connectivity index (χ0) is 14.0. The molecule has 19 heavy (non-hydrogen) atoms. The Bertz CT molecular complexity index is 603. The van der Waals surface area contributed by atoms with Crippen molar-refractivity contribution in [3.63, 3.8) is 0 Å². The van der Waals surface area contributed by atoms with Crippen LogP contribution in [0, 0.1) is 12.7 Å². The van der Waals surface area contributed by atoms with Crippen LogP contribution < -0.4 is 10.2 Å². The highest BCUT2D eigenvalue weighted by molar-refractivity contribution is 6.28. The third-order valence-corrected chi connectivity index (χ3v) is 2.59. The highest BCUT2D eigenvalue weighted by atomic mass is 35.5. The Morgan fingerprint density at radius 1 is 1.21 bits per heavy atom. The third-order valence-electron chi connectivity index (χ3n) is 2.42. The minimum absolute atomic E-state index is 0.0776. The minimum Gasteiger partial charge on any atom is -0.347 e. The summed E-state index contributed by atoms with van der Waals surface area (Å²) in [4.78, 5) is 13.8. The van der Waals surface area contributed by atoms with E-state index in [9.17, 15) is 4.39 Å². The van der Waals surface area contributed by atoms with Crippen molar-refractivity contribution >= 4 is 29.2 Å². The Hall–Kier alpha value is -1.95. The first-order chi connectivity index (χ1) is 8.95. The quantitative estimate of drug-likeness (QED) is 0.937. The van der Waals surface area contributed by atoms with Gasteiger partial charge in [-0.25, -0.2) is 4.39 Å². The van der Waals surface area contributed by atoms with Gasteiger partial charge in [0.25, 0.3) is 0 Å². The van der Waals surface area contributed by atoms with Gasteiger partial charge in [-0.1, -0.05) is 6.07 Å². The molecule has 1 aromatic carbocycles. The number of aromatic nitrogens is 3. The predicted octanol–water partition coefficient (Wildman–Crippen LogP) is 2.78. The SMILES string of the molecule is Cc1ccc(Nc2nc(Cl)nc(N(C)C)n2)cc1F. The minimum atomic E-state index is -0.294. The molecular weight excluding hydrogens is 269 g/mol. The number of halogens is 2. The van der Waals surface area contributed by atoms with Gasteiger partial charge in [0.05, 0.1) is 0 Å². The van der Waals surface area contributed by atoms with E-state index in [-0.39, 0.29) is 17.0 Å². The van der Waals surface area contributed by atoms with Crippen LogP contribution in [-0.4, -0.2) is 29.0 Å². The maximum atomic E-state index is 13.4. The molecule has 0 unspecified atom stereocenters. The molecule has 100 valence electrons. The van der Waals surface area contributed by atoms with E-state index in [1.807, 2.05) is 0 Å². The first-order valence-corrected chi connectivity index (χ1v) is 5.95. The molecule has 0 amide bonds. The van der Waals surface area contributed by atoms with Crippen molar-refractivity contribution in [2.45, 2.75) is 6.92 Å². The molecule has 0 saturated heterocycles. The second-order valence-corrected chi connectivity index (χ2v) is 4.55. The van der Waals surface area contributed by atoms with Crippen molar-refractivity contribution in [1.29, 1.82) is 0 Å². The van der Waals surface area contributed by atoms with Crippen molar-refractivity contribution in [1.82, 2.24) is 15.0 Å². The fourth-order valence-corrected chi connectivity index (χ4v) is 1.55. The molecule has 0 aliphatic rings. The van der Waals surface area contributed by atoms with E-state index in [1.54, 1.807) is 38.1 Å². The van der Waals surface area contributed by atoms with E-state index >= 15 is 0 Å². The van der Waals surface area contributed by atoms with E-state index in [4.69, 9.17) is 11.6 Å². The van der Waals surface area contributed by atoms with Gasteiger partial charge in [-0.15, -0.1) is 0 Å². The second kappa shape index (κ2) is 5.36. The molecule has 5 nitrogen and oxygen atoms in total. The van der Waals surface area contributed by atoms with E-state index < -0.39 is 0 Å². The van der Waals surface area contributed by atoms with Gasteiger partial charge in [0.15, 0.2) is 0 Å². The number of hydrogen-bond donors (Lipinski definition) is 1. The van der Waals surface area contributed by atoms with Crippen molar-refractivity contribution in [3.05, 3.63) is 34.9 Å². The summed E-state index contributed by atoms with van der Waals surface area (Å²) in [6, 6.07) is 4.79. The van der Waals surface area contributed by atoms with Gasteiger partial charge in [0.1, 0.15) is 5.82 Å². The number of benzene rings is 1. The number of nitrogens with one attached hydrogen (secondary N) is 1. The molecule has 0 aliphatic heterocycles. The van der Waals surface area contributed by atoms with E-state index in [2.05, 4.69) is 20.3 Å². The second-order valence-electron chi connectivity index (χ2n) is 4.21. The van der Waals surface area contributed by atoms with Crippen LogP contribution in [0.1, 0.15) is 5.56 Å². The number of anilines is 3. The highest BCUT2D eigenvalue weighted by Crippen LogP contribution is 2.19. The average Bonchev–Trinajstić information content (AvgIpc) is 2.33. The van der Waals surface area contributed by atoms with E-state index in [0.29, 0.717) is 17.2 Å². The van der Waals surface area contributed by atoms with Crippen LogP contribution in [0.25, 0.3) is 0 Å². The van der Waals surface area contributed by atoms with E-state index in [1.165, 1.54) is 6.07 Å². The zero-order valence-corrected chi connectivity index (χ0v) is 11.5. The molecule has 2 rings (SSSR count). The van der Waals surface area contributed by atoms with Crippen molar-refractivity contribution in [3.8, 4) is 0 Å². The molecule has 0 atom stereocenters. The summed E-state index contributed by atoms with van der Waals surface area (Å²) in [5.74, 6) is 0.403. The summed E-state index contributed by atoms with van der Waals surface area (Å²) >= 11 is 5.81. The van der Waals surface area contributed by atoms with Crippen LogP contribution in [0.5, 0.6) is 0 Å². The Labute approximate surface area is 115 Å². The molecule has 1 heterocycles. The molecule has 0 fully saturated rings. The normalized spacial score (nSPS) is 10.4. The van der Waals surface area contributed by atoms with Crippen LogP contribution >= 0.6 is 11.6 Å². The highest BCUT2D eigenvalue weighted by Gasteiger charge is 2.07. The number of hydrogen-bond acceptors (Lipinski definition) is 5. The molecular formula is C12H13ClFN5. The van der Waals surface area contributed by atoms with Gasteiger partial charge in [-0.3, -0.25) is 0 Å². The standard InChI is InChI=1S/C12H13ClFN5/c1-7-4-5-8(6-9(7)14)15-11-16-10(13)17-12(18-11)19(2)3/h4-6H,1-3H3,(H,15,16,17,18). The predicted molar refractivity (Wildman–Crippen MR) is 73.6 cm³/mol. The fraction of sp³-hybridized carbons (Fsp3) is 0.250. The molecule has 0 aliphatic carbocycles. The van der Waals surface area contributed by atoms with Crippen molar-refractivity contribution in [2.75, 3.05) is 24.3 Å². The molecule has 2 aromatic rings. The number of rotatable bonds is 3. The fourth-order valence-electron chi connectivity index (χ4n) is 1.40. The third kappa shape index (κ3) is 3.29. The summed E-state index contributed by atoms with van der Waals surface area (Å²) in [6.07, 6.45) is 0. The molecule has 7 heteroatoms. The lowest BCUT2D eigenvalue weighted by atomic mass is 10.2. The van der Waals surface area contributed by atoms with Crippen LogP contribution in [0.4, 0.5) is 22.0 Å². The Kier molecular flexibility index (Phi) is 3.80. The maximum Gasteiger partial charge on any atom is 0.233 e. The first-order valence-electron chi connectivity index (χ1n) is 5.58. The smallest absolute Gasteiger partial charge is 0.233 e. The van der Waals surface area contributed by atoms with Crippen molar-refractivity contribution < 1.29 is 4.39 Å². The van der Waals surface area contributed by atoms with Crippen LogP contribution in [-0.2, 0) is 0 Å². The van der Waals surface area contributed by atoms with Crippen molar-refractivity contribution in [2.24, 2.45) is 0 Å². The van der Waals surface area contributed by atoms with Gasteiger partial charge in [-0.05, 0) is 36.2 Å². The first kappa shape index (κ1) is 13.5. The van der Waals surface area contributed by atoms with E-state index in [0.717, 1.165) is 0 Å². The Morgan fingerprint density at radius 3 is 2.58 bits per heavy atom. The van der Waals surface area contributed by atoms with Gasteiger partial charge in [0.2, 0.25) is 17.2 Å². The summed E-state index contributed by atoms with van der Waals surface area (Å²) in [7, 11) is 3.59. The molecule has 0 radical (unpaired) electrons. The lowest BCUT2D eigenvalue weighted by molar-refractivity contribution is 0.619. The maximum absolute atomic E-state index is 13.4. The van der Waals surface area contributed by atoms with Crippen LogP contribution in [0.3, 0.4) is 0 Å². The van der Waals surface area contributed by atoms with Crippen LogP contribution in [0.2, 0.25) is 5.28 Å². The molecule has 0 spiro atoms. The van der Waals surface area contributed by atoms with Crippen LogP contribution in [0.15, 0.2) is 18.2 Å². The topological polar surface area (TPSA) is 53.9 Å². The largest absolute Gasteiger partial charge is 0.347 e. The summed E-state index contributed by atoms with van der Waals surface area (Å²) in [6.45, 7) is 1.70. The number of aryl methyl sites for hydroxylation is 1. The van der Waals surface area contributed by atoms with Gasteiger partial charge in [-0.2, -0.15) is 15.0 Å². The summed E-state index contributed by atoms with van der Waals surface area (Å²) < 4.78 is 13.4. The lowest BCUT2D eigenvalue weighted by Gasteiger charge is -2.12. The molecule has 0 saturated carbocycles. The Morgan fingerprint density at radius 2 is 1.95 bits per heavy atom. The average molecular weight is 282 g/mol. The monoisotopic (exact) mass is 281 g/mol. The lowest BCUT2D eigenvalue weighted by Crippen LogP contribution is -2.14. The van der Waals surface area contributed by atoms with Gasteiger partial charge < -0.3 is 10.2 Å². The summed E-state index contributed by atoms with van der Waals surface area (Å²) in [5.41, 5.74) is 1.13. The molecule has 1 aromatic heterocycles.